The first-order valence-electron chi connectivity index (χ1n) is 9.68. The number of methoxy groups -OCH3 is 2. The van der Waals surface area contributed by atoms with Crippen molar-refractivity contribution in [3.8, 4) is 11.5 Å². The van der Waals surface area contributed by atoms with Crippen LogP contribution in [-0.4, -0.2) is 37.6 Å². The molecule has 0 saturated heterocycles. The van der Waals surface area contributed by atoms with Crippen molar-refractivity contribution in [2.75, 3.05) is 20.8 Å². The summed E-state index contributed by atoms with van der Waals surface area (Å²) in [7, 11) is 2.91. The molecule has 0 aromatic heterocycles. The first-order valence-corrected chi connectivity index (χ1v) is 9.68. The number of para-hydroxylation sites is 1. The smallest absolute Gasteiger partial charge is 0.340 e. The van der Waals surface area contributed by atoms with E-state index in [2.05, 4.69) is 0 Å². The third-order valence-electron chi connectivity index (χ3n) is 4.92. The Labute approximate surface area is 176 Å². The topological polar surface area (TPSA) is 65.1 Å². The largest absolute Gasteiger partial charge is 0.497 e. The highest BCUT2D eigenvalue weighted by Gasteiger charge is 2.37. The second-order valence-electron chi connectivity index (χ2n) is 6.72. The van der Waals surface area contributed by atoms with Crippen molar-refractivity contribution in [1.29, 1.82) is 0 Å². The fourth-order valence-corrected chi connectivity index (χ4v) is 3.37. The van der Waals surface area contributed by atoms with Crippen molar-refractivity contribution in [3.63, 3.8) is 0 Å². The lowest BCUT2D eigenvalue weighted by Gasteiger charge is -2.18. The van der Waals surface area contributed by atoms with Gasteiger partial charge in [0, 0.05) is 11.3 Å². The van der Waals surface area contributed by atoms with Crippen LogP contribution in [0.3, 0.4) is 0 Å². The number of ether oxygens (including phenoxy) is 3. The molecule has 0 fully saturated rings. The Morgan fingerprint density at radius 1 is 1.07 bits per heavy atom. The highest BCUT2D eigenvalue weighted by Crippen LogP contribution is 2.34. The summed E-state index contributed by atoms with van der Waals surface area (Å²) in [5, 5.41) is 0. The summed E-state index contributed by atoms with van der Waals surface area (Å²) >= 11 is 0. The zero-order valence-electron chi connectivity index (χ0n) is 17.6. The molecule has 156 valence electrons. The number of allylic oxidation sites excluding steroid dienone is 1. The lowest BCUT2D eigenvalue weighted by molar-refractivity contribution is -0.136. The number of carbonyl (C=O) groups excluding carboxylic acids is 2. The van der Waals surface area contributed by atoms with Gasteiger partial charge in [0.1, 0.15) is 11.5 Å². The van der Waals surface area contributed by atoms with Crippen molar-refractivity contribution < 1.29 is 23.8 Å². The quantitative estimate of drug-likeness (QED) is 0.513. The van der Waals surface area contributed by atoms with Gasteiger partial charge in [-0.1, -0.05) is 30.3 Å². The molecule has 6 nitrogen and oxygen atoms in total. The van der Waals surface area contributed by atoms with Gasteiger partial charge in [0.15, 0.2) is 0 Å². The number of hydrogen-bond acceptors (Lipinski definition) is 5. The molecule has 1 amide bonds. The molecule has 0 aliphatic carbocycles. The molecule has 6 heteroatoms. The molecular weight excluding hydrogens is 382 g/mol. The van der Waals surface area contributed by atoms with E-state index >= 15 is 0 Å². The third-order valence-corrected chi connectivity index (χ3v) is 4.92. The first-order chi connectivity index (χ1) is 14.5. The molecule has 3 rings (SSSR count). The standard InChI is InChI=1S/C24H25NO5/c1-5-30-21-9-7-6-8-18(21)14-20-22(24(27)29-4)16(2)25(23(20)26)15-17-10-12-19(28-3)13-11-17/h6-14H,5,15H2,1-4H3/b20-14-. The molecule has 0 saturated carbocycles. The number of rotatable bonds is 7. The Bertz CT molecular complexity index is 1000. The molecule has 0 N–H and O–H groups in total. The minimum atomic E-state index is -0.543. The average Bonchev–Trinajstić information content (AvgIpc) is 2.99. The lowest BCUT2D eigenvalue weighted by Crippen LogP contribution is -2.24. The first kappa shape index (κ1) is 21.2. The molecule has 0 atom stereocenters. The Hall–Kier alpha value is -3.54. The Balaban J connectivity index is 2.01. The van der Waals surface area contributed by atoms with Crippen molar-refractivity contribution in [1.82, 2.24) is 4.90 Å². The van der Waals surface area contributed by atoms with Gasteiger partial charge >= 0.3 is 5.97 Å². The van der Waals surface area contributed by atoms with Gasteiger partial charge in [-0.25, -0.2) is 4.79 Å². The van der Waals surface area contributed by atoms with Gasteiger partial charge in [-0.2, -0.15) is 0 Å². The van der Waals surface area contributed by atoms with Crippen LogP contribution >= 0.6 is 0 Å². The lowest BCUT2D eigenvalue weighted by atomic mass is 10.0. The van der Waals surface area contributed by atoms with Gasteiger partial charge in [0.05, 0.1) is 38.5 Å². The monoisotopic (exact) mass is 407 g/mol. The van der Waals surface area contributed by atoms with Gasteiger partial charge in [-0.05, 0) is 43.7 Å². The van der Waals surface area contributed by atoms with Crippen molar-refractivity contribution in [3.05, 3.63) is 76.5 Å². The maximum Gasteiger partial charge on any atom is 0.340 e. The zero-order chi connectivity index (χ0) is 21.7. The van der Waals surface area contributed by atoms with E-state index in [-0.39, 0.29) is 11.5 Å². The van der Waals surface area contributed by atoms with Crippen LogP contribution in [-0.2, 0) is 20.9 Å². The van der Waals surface area contributed by atoms with Crippen LogP contribution in [0.25, 0.3) is 6.08 Å². The molecule has 2 aromatic rings. The van der Waals surface area contributed by atoms with Crippen LogP contribution in [0.2, 0.25) is 0 Å². The second kappa shape index (κ2) is 9.31. The summed E-state index contributed by atoms with van der Waals surface area (Å²) < 4.78 is 15.8. The van der Waals surface area contributed by atoms with Crippen LogP contribution in [0.4, 0.5) is 0 Å². The molecule has 0 bridgehead atoms. The maximum absolute atomic E-state index is 13.3. The molecule has 30 heavy (non-hydrogen) atoms. The van der Waals surface area contributed by atoms with Gasteiger partial charge in [-0.15, -0.1) is 0 Å². The summed E-state index contributed by atoms with van der Waals surface area (Å²) in [5.41, 5.74) is 2.76. The van der Waals surface area contributed by atoms with E-state index in [1.807, 2.05) is 55.5 Å². The predicted molar refractivity (Wildman–Crippen MR) is 114 cm³/mol. The summed E-state index contributed by atoms with van der Waals surface area (Å²) in [5.74, 6) is 0.589. The SMILES string of the molecule is CCOc1ccccc1/C=C1\C(=O)N(Cc2ccc(OC)cc2)C(C)=C1C(=O)OC. The van der Waals surface area contributed by atoms with Crippen LogP contribution in [0.15, 0.2) is 65.4 Å². The van der Waals surface area contributed by atoms with E-state index in [1.165, 1.54) is 7.11 Å². The van der Waals surface area contributed by atoms with E-state index in [9.17, 15) is 9.59 Å². The van der Waals surface area contributed by atoms with Crippen molar-refractivity contribution in [2.45, 2.75) is 20.4 Å². The van der Waals surface area contributed by atoms with Crippen molar-refractivity contribution in [2.24, 2.45) is 0 Å². The summed E-state index contributed by atoms with van der Waals surface area (Å²) in [6.45, 7) is 4.48. The second-order valence-corrected chi connectivity index (χ2v) is 6.72. The number of nitrogens with zero attached hydrogens (tertiary/aromatic N) is 1. The third kappa shape index (κ3) is 4.22. The van der Waals surface area contributed by atoms with E-state index in [0.29, 0.717) is 30.2 Å². The number of amides is 1. The van der Waals surface area contributed by atoms with Crippen LogP contribution in [0.5, 0.6) is 11.5 Å². The number of hydrogen-bond donors (Lipinski definition) is 0. The van der Waals surface area contributed by atoms with E-state index in [4.69, 9.17) is 14.2 Å². The van der Waals surface area contributed by atoms with E-state index < -0.39 is 5.97 Å². The van der Waals surface area contributed by atoms with Crippen molar-refractivity contribution >= 4 is 18.0 Å². The Kier molecular flexibility index (Phi) is 6.57. The van der Waals surface area contributed by atoms with Gasteiger partial charge in [0.2, 0.25) is 0 Å². The zero-order valence-corrected chi connectivity index (χ0v) is 17.6. The predicted octanol–water partition coefficient (Wildman–Crippen LogP) is 3.97. The highest BCUT2D eigenvalue weighted by molar-refractivity contribution is 6.16. The van der Waals surface area contributed by atoms with Gasteiger partial charge in [0.25, 0.3) is 5.91 Å². The number of benzene rings is 2. The summed E-state index contributed by atoms with van der Waals surface area (Å²) in [6, 6.07) is 14.9. The molecule has 2 aromatic carbocycles. The molecular formula is C24H25NO5. The number of esters is 1. The molecule has 0 spiro atoms. The van der Waals surface area contributed by atoms with Crippen LogP contribution in [0.1, 0.15) is 25.0 Å². The average molecular weight is 407 g/mol. The summed E-state index contributed by atoms with van der Waals surface area (Å²) in [6.07, 6.45) is 1.69. The van der Waals surface area contributed by atoms with Gasteiger partial charge < -0.3 is 19.1 Å². The van der Waals surface area contributed by atoms with Gasteiger partial charge in [-0.3, -0.25) is 4.79 Å². The molecule has 0 radical (unpaired) electrons. The fraction of sp³-hybridized carbons (Fsp3) is 0.250. The molecule has 1 aliphatic heterocycles. The van der Waals surface area contributed by atoms with Crippen LogP contribution < -0.4 is 9.47 Å². The maximum atomic E-state index is 13.3. The van der Waals surface area contributed by atoms with Crippen LogP contribution in [0, 0.1) is 0 Å². The minimum absolute atomic E-state index is 0.255. The molecule has 0 unspecified atom stereocenters. The van der Waals surface area contributed by atoms with E-state index in [0.717, 1.165) is 16.9 Å². The minimum Gasteiger partial charge on any atom is -0.497 e. The normalized spacial score (nSPS) is 15.0. The van der Waals surface area contributed by atoms with E-state index in [1.54, 1.807) is 25.0 Å². The summed E-state index contributed by atoms with van der Waals surface area (Å²) in [4.78, 5) is 27.4. The molecule has 1 heterocycles. The highest BCUT2D eigenvalue weighted by atomic mass is 16.5. The number of carbonyl (C=O) groups is 2. The molecule has 1 aliphatic rings. The Morgan fingerprint density at radius 2 is 1.77 bits per heavy atom. The fourth-order valence-electron chi connectivity index (χ4n) is 3.37. The Morgan fingerprint density at radius 3 is 2.40 bits per heavy atom.